The highest BCUT2D eigenvalue weighted by Crippen LogP contribution is 2.12. The van der Waals surface area contributed by atoms with Crippen molar-refractivity contribution in [3.05, 3.63) is 64.7 Å². The molecule has 0 aliphatic rings. The van der Waals surface area contributed by atoms with E-state index in [1.807, 2.05) is 43.3 Å². The van der Waals surface area contributed by atoms with Crippen molar-refractivity contribution in [1.29, 1.82) is 0 Å². The van der Waals surface area contributed by atoms with Crippen LogP contribution in [-0.4, -0.2) is 26.5 Å². The number of anilines is 1. The van der Waals surface area contributed by atoms with Gasteiger partial charge in [-0.3, -0.25) is 4.79 Å². The average molecular weight is 313 g/mol. The quantitative estimate of drug-likeness (QED) is 0.883. The number of rotatable bonds is 3. The molecule has 1 N–H and O–H groups in total. The standard InChI is InChI=1S/C18H17ClN2O/c1-21(2)17-10-8-15(9-11-17)18(22)20-12-4-6-14-5-3-7-16(19)13-14/h3,5,7-11,13H,12H2,1-2H3,(H,20,22). The number of halogens is 1. The van der Waals surface area contributed by atoms with Crippen LogP contribution in [0.25, 0.3) is 0 Å². The van der Waals surface area contributed by atoms with Gasteiger partial charge in [0.2, 0.25) is 0 Å². The molecular formula is C18H17ClN2O. The van der Waals surface area contributed by atoms with Gasteiger partial charge in [-0.25, -0.2) is 0 Å². The van der Waals surface area contributed by atoms with Gasteiger partial charge in [-0.1, -0.05) is 29.5 Å². The van der Waals surface area contributed by atoms with Gasteiger partial charge in [0.25, 0.3) is 5.91 Å². The molecule has 0 saturated carbocycles. The number of nitrogens with zero attached hydrogens (tertiary/aromatic N) is 1. The largest absolute Gasteiger partial charge is 0.378 e. The van der Waals surface area contributed by atoms with Gasteiger partial charge in [0.05, 0.1) is 6.54 Å². The summed E-state index contributed by atoms with van der Waals surface area (Å²) in [7, 11) is 3.92. The highest BCUT2D eigenvalue weighted by atomic mass is 35.5. The lowest BCUT2D eigenvalue weighted by atomic mass is 10.2. The minimum Gasteiger partial charge on any atom is -0.378 e. The van der Waals surface area contributed by atoms with Crippen LogP contribution < -0.4 is 10.2 Å². The summed E-state index contributed by atoms with van der Waals surface area (Å²) in [6, 6.07) is 14.7. The summed E-state index contributed by atoms with van der Waals surface area (Å²) in [5.74, 6) is 5.74. The first-order valence-corrected chi connectivity index (χ1v) is 7.24. The topological polar surface area (TPSA) is 32.3 Å². The molecule has 3 nitrogen and oxygen atoms in total. The molecule has 22 heavy (non-hydrogen) atoms. The predicted molar refractivity (Wildman–Crippen MR) is 91.4 cm³/mol. The molecule has 112 valence electrons. The van der Waals surface area contributed by atoms with Gasteiger partial charge < -0.3 is 10.2 Å². The van der Waals surface area contributed by atoms with Crippen molar-refractivity contribution in [1.82, 2.24) is 5.32 Å². The van der Waals surface area contributed by atoms with Crippen molar-refractivity contribution in [2.75, 3.05) is 25.5 Å². The zero-order valence-corrected chi connectivity index (χ0v) is 13.3. The fourth-order valence-corrected chi connectivity index (χ4v) is 2.04. The smallest absolute Gasteiger partial charge is 0.252 e. The SMILES string of the molecule is CN(C)c1ccc(C(=O)NCC#Cc2cccc(Cl)c2)cc1. The molecule has 0 radical (unpaired) electrons. The lowest BCUT2D eigenvalue weighted by molar-refractivity contribution is 0.0958. The summed E-state index contributed by atoms with van der Waals surface area (Å²) >= 11 is 5.88. The maximum absolute atomic E-state index is 12.0. The second-order valence-corrected chi connectivity index (χ2v) is 5.37. The van der Waals surface area contributed by atoms with Crippen LogP contribution >= 0.6 is 11.6 Å². The van der Waals surface area contributed by atoms with Crippen molar-refractivity contribution in [3.8, 4) is 11.8 Å². The Kier molecular flexibility index (Phi) is 5.46. The fourth-order valence-electron chi connectivity index (χ4n) is 1.85. The summed E-state index contributed by atoms with van der Waals surface area (Å²) in [4.78, 5) is 14.0. The summed E-state index contributed by atoms with van der Waals surface area (Å²) in [5.41, 5.74) is 2.50. The average Bonchev–Trinajstić information content (AvgIpc) is 2.51. The normalized spacial score (nSPS) is 9.59. The van der Waals surface area contributed by atoms with Gasteiger partial charge in [0.15, 0.2) is 0 Å². The maximum Gasteiger partial charge on any atom is 0.252 e. The van der Waals surface area contributed by atoms with Crippen LogP contribution in [0.3, 0.4) is 0 Å². The number of benzene rings is 2. The van der Waals surface area contributed by atoms with Gasteiger partial charge in [0, 0.05) is 35.9 Å². The van der Waals surface area contributed by atoms with Crippen molar-refractivity contribution in [2.45, 2.75) is 0 Å². The molecule has 2 aromatic carbocycles. The number of hydrogen-bond acceptors (Lipinski definition) is 2. The van der Waals surface area contributed by atoms with Gasteiger partial charge in [0.1, 0.15) is 0 Å². The Morgan fingerprint density at radius 1 is 1.18 bits per heavy atom. The van der Waals surface area contributed by atoms with Crippen LogP contribution in [0.5, 0.6) is 0 Å². The van der Waals surface area contributed by atoms with Crippen LogP contribution in [-0.2, 0) is 0 Å². The molecule has 4 heteroatoms. The summed E-state index contributed by atoms with van der Waals surface area (Å²) < 4.78 is 0. The lowest BCUT2D eigenvalue weighted by Gasteiger charge is -2.12. The molecule has 0 spiro atoms. The van der Waals surface area contributed by atoms with E-state index >= 15 is 0 Å². The van der Waals surface area contributed by atoms with Crippen LogP contribution in [0, 0.1) is 11.8 Å². The molecule has 0 saturated heterocycles. The number of carbonyl (C=O) groups excluding carboxylic acids is 1. The molecule has 0 aromatic heterocycles. The van der Waals surface area contributed by atoms with Crippen LogP contribution in [0.2, 0.25) is 5.02 Å². The molecule has 0 atom stereocenters. The fraction of sp³-hybridized carbons (Fsp3) is 0.167. The Hall–Kier alpha value is -2.44. The molecule has 2 rings (SSSR count). The predicted octanol–water partition coefficient (Wildman–Crippen LogP) is 3.19. The molecule has 0 aliphatic heterocycles. The van der Waals surface area contributed by atoms with Crippen LogP contribution in [0.1, 0.15) is 15.9 Å². The van der Waals surface area contributed by atoms with E-state index in [0.29, 0.717) is 17.1 Å². The molecule has 0 bridgehead atoms. The highest BCUT2D eigenvalue weighted by molar-refractivity contribution is 6.30. The molecule has 0 heterocycles. The third kappa shape index (κ3) is 4.54. The Morgan fingerprint density at radius 3 is 2.55 bits per heavy atom. The summed E-state index contributed by atoms with van der Waals surface area (Å²) in [5, 5.41) is 3.42. The van der Waals surface area contributed by atoms with Crippen molar-refractivity contribution in [3.63, 3.8) is 0 Å². The van der Waals surface area contributed by atoms with Crippen LogP contribution in [0.4, 0.5) is 5.69 Å². The monoisotopic (exact) mass is 312 g/mol. The van der Waals surface area contributed by atoms with Gasteiger partial charge >= 0.3 is 0 Å². The first kappa shape index (κ1) is 15.9. The molecule has 0 unspecified atom stereocenters. The second-order valence-electron chi connectivity index (χ2n) is 4.94. The molecule has 0 fully saturated rings. The second kappa shape index (κ2) is 7.53. The molecular weight excluding hydrogens is 296 g/mol. The Labute approximate surface area is 135 Å². The van der Waals surface area contributed by atoms with Crippen molar-refractivity contribution < 1.29 is 4.79 Å². The third-order valence-corrected chi connectivity index (χ3v) is 3.28. The number of carbonyl (C=O) groups is 1. The van der Waals surface area contributed by atoms with Gasteiger partial charge in [-0.15, -0.1) is 0 Å². The summed E-state index contributed by atoms with van der Waals surface area (Å²) in [6.07, 6.45) is 0. The minimum absolute atomic E-state index is 0.134. The third-order valence-electron chi connectivity index (χ3n) is 3.04. The summed E-state index contributed by atoms with van der Waals surface area (Å²) in [6.45, 7) is 0.292. The van der Waals surface area contributed by atoms with Crippen molar-refractivity contribution >= 4 is 23.2 Å². The maximum atomic E-state index is 12.0. The number of amides is 1. The zero-order valence-electron chi connectivity index (χ0n) is 12.6. The first-order chi connectivity index (χ1) is 10.6. The van der Waals surface area contributed by atoms with Crippen LogP contribution in [0.15, 0.2) is 48.5 Å². The Bertz CT molecular complexity index is 712. The van der Waals surface area contributed by atoms with E-state index in [-0.39, 0.29) is 5.91 Å². The van der Waals surface area contributed by atoms with E-state index in [4.69, 9.17) is 11.6 Å². The highest BCUT2D eigenvalue weighted by Gasteiger charge is 2.04. The Balaban J connectivity index is 1.90. The lowest BCUT2D eigenvalue weighted by Crippen LogP contribution is -2.23. The molecule has 0 aliphatic carbocycles. The van der Waals surface area contributed by atoms with E-state index in [1.165, 1.54) is 0 Å². The Morgan fingerprint density at radius 2 is 1.91 bits per heavy atom. The number of hydrogen-bond donors (Lipinski definition) is 1. The van der Waals surface area contributed by atoms with E-state index in [9.17, 15) is 4.79 Å². The van der Waals surface area contributed by atoms with Gasteiger partial charge in [-0.05, 0) is 42.5 Å². The molecule has 1 amide bonds. The van der Waals surface area contributed by atoms with E-state index in [1.54, 1.807) is 24.3 Å². The molecule has 2 aromatic rings. The van der Waals surface area contributed by atoms with Gasteiger partial charge in [-0.2, -0.15) is 0 Å². The van der Waals surface area contributed by atoms with E-state index in [2.05, 4.69) is 17.2 Å². The first-order valence-electron chi connectivity index (χ1n) is 6.86. The number of nitrogens with one attached hydrogen (secondary N) is 1. The zero-order chi connectivity index (χ0) is 15.9. The van der Waals surface area contributed by atoms with Crippen molar-refractivity contribution in [2.24, 2.45) is 0 Å². The minimum atomic E-state index is -0.134. The van der Waals surface area contributed by atoms with E-state index < -0.39 is 0 Å². The van der Waals surface area contributed by atoms with E-state index in [0.717, 1.165) is 11.3 Å².